The number of aliphatic carboxylic acids is 1. The van der Waals surface area contributed by atoms with E-state index in [1.54, 1.807) is 0 Å². The van der Waals surface area contributed by atoms with Gasteiger partial charge in [0.25, 0.3) is 0 Å². The van der Waals surface area contributed by atoms with Crippen LogP contribution in [0.1, 0.15) is 31.2 Å². The molecule has 2 nitrogen and oxygen atoms in total. The summed E-state index contributed by atoms with van der Waals surface area (Å²) in [5, 5.41) is 11.1. The zero-order valence-corrected chi connectivity index (χ0v) is 16.5. The minimum Gasteiger partial charge on any atom is -0.481 e. The van der Waals surface area contributed by atoms with Gasteiger partial charge in [-0.3, -0.25) is 4.79 Å². The van der Waals surface area contributed by atoms with Crippen molar-refractivity contribution in [3.05, 3.63) is 82.3 Å². The van der Waals surface area contributed by atoms with Gasteiger partial charge in [0.15, 0.2) is 0 Å². The SMILES string of the molecule is CCC[C@H](C(=O)O)c1cc(-c2ccc(Cl)cc2)cc(-c2ccc(Cl)cc2)c1. The molecule has 0 saturated carbocycles. The maximum atomic E-state index is 11.8. The molecule has 4 heteroatoms. The molecular weight excluding hydrogens is 379 g/mol. The van der Waals surface area contributed by atoms with Crippen LogP contribution in [-0.4, -0.2) is 11.1 Å². The Morgan fingerprint density at radius 2 is 1.26 bits per heavy atom. The van der Waals surface area contributed by atoms with Crippen molar-refractivity contribution in [2.45, 2.75) is 25.7 Å². The van der Waals surface area contributed by atoms with E-state index in [0.717, 1.165) is 34.2 Å². The van der Waals surface area contributed by atoms with Crippen LogP contribution in [0, 0.1) is 0 Å². The highest BCUT2D eigenvalue weighted by Crippen LogP contribution is 2.33. The number of carbonyl (C=O) groups is 1. The molecule has 3 aromatic carbocycles. The molecule has 0 radical (unpaired) electrons. The normalized spacial score (nSPS) is 12.0. The number of hydrogen-bond acceptors (Lipinski definition) is 1. The molecule has 0 unspecified atom stereocenters. The highest BCUT2D eigenvalue weighted by molar-refractivity contribution is 6.30. The maximum absolute atomic E-state index is 11.8. The van der Waals surface area contributed by atoms with Crippen LogP contribution in [0.3, 0.4) is 0 Å². The molecule has 0 aliphatic carbocycles. The summed E-state index contributed by atoms with van der Waals surface area (Å²) >= 11 is 12.0. The van der Waals surface area contributed by atoms with Crippen molar-refractivity contribution >= 4 is 29.2 Å². The summed E-state index contributed by atoms with van der Waals surface area (Å²) in [4.78, 5) is 11.8. The molecule has 0 bridgehead atoms. The van der Waals surface area contributed by atoms with Crippen LogP contribution in [0.2, 0.25) is 10.0 Å². The molecule has 27 heavy (non-hydrogen) atoms. The van der Waals surface area contributed by atoms with Gasteiger partial charge in [-0.05, 0) is 64.6 Å². The Hall–Kier alpha value is -2.29. The van der Waals surface area contributed by atoms with Crippen molar-refractivity contribution < 1.29 is 9.90 Å². The zero-order chi connectivity index (χ0) is 19.4. The summed E-state index contributed by atoms with van der Waals surface area (Å²) in [6.45, 7) is 2.00. The number of benzene rings is 3. The Bertz CT molecular complexity index is 868. The fraction of sp³-hybridized carbons (Fsp3) is 0.174. The quantitative estimate of drug-likeness (QED) is 0.472. The van der Waals surface area contributed by atoms with E-state index in [1.165, 1.54) is 0 Å². The third-order valence-electron chi connectivity index (χ3n) is 4.59. The van der Waals surface area contributed by atoms with E-state index >= 15 is 0 Å². The highest BCUT2D eigenvalue weighted by Gasteiger charge is 2.20. The standard InChI is InChI=1S/C23H20Cl2O2/c1-2-3-22(23(26)27)19-13-17(15-4-8-20(24)9-5-15)12-18(14-19)16-6-10-21(25)11-7-16/h4-14,22H,2-3H2,1H3,(H,26,27)/t22-/m0/s1. The first kappa shape index (κ1) is 19.5. The lowest BCUT2D eigenvalue weighted by atomic mass is 9.88. The van der Waals surface area contributed by atoms with Crippen molar-refractivity contribution in [2.75, 3.05) is 0 Å². The minimum atomic E-state index is -0.799. The van der Waals surface area contributed by atoms with Crippen LogP contribution in [0.25, 0.3) is 22.3 Å². The van der Waals surface area contributed by atoms with Crippen molar-refractivity contribution in [2.24, 2.45) is 0 Å². The first-order valence-electron chi connectivity index (χ1n) is 8.87. The van der Waals surface area contributed by atoms with Crippen LogP contribution in [-0.2, 0) is 4.79 Å². The van der Waals surface area contributed by atoms with E-state index in [-0.39, 0.29) is 0 Å². The van der Waals surface area contributed by atoms with E-state index in [1.807, 2.05) is 67.6 Å². The predicted octanol–water partition coefficient (Wildman–Crippen LogP) is 7.30. The Balaban J connectivity index is 2.16. The second-order valence-corrected chi connectivity index (χ2v) is 7.41. The Kier molecular flexibility index (Phi) is 6.20. The lowest BCUT2D eigenvalue weighted by molar-refractivity contribution is -0.139. The van der Waals surface area contributed by atoms with Crippen molar-refractivity contribution in [1.82, 2.24) is 0 Å². The van der Waals surface area contributed by atoms with Gasteiger partial charge in [0, 0.05) is 10.0 Å². The third-order valence-corrected chi connectivity index (χ3v) is 5.09. The molecule has 0 aliphatic rings. The smallest absolute Gasteiger partial charge is 0.310 e. The summed E-state index contributed by atoms with van der Waals surface area (Å²) in [6.07, 6.45) is 1.40. The van der Waals surface area contributed by atoms with Gasteiger partial charge in [0.2, 0.25) is 0 Å². The molecule has 0 amide bonds. The van der Waals surface area contributed by atoms with E-state index in [0.29, 0.717) is 16.5 Å². The minimum absolute atomic E-state index is 0.534. The van der Waals surface area contributed by atoms with E-state index in [9.17, 15) is 9.90 Å². The molecule has 3 rings (SSSR count). The molecule has 0 fully saturated rings. The maximum Gasteiger partial charge on any atom is 0.310 e. The van der Waals surface area contributed by atoms with Crippen LogP contribution in [0.5, 0.6) is 0 Å². The molecule has 0 heterocycles. The number of carboxylic acid groups (broad SMARTS) is 1. The van der Waals surface area contributed by atoms with Crippen molar-refractivity contribution in [3.8, 4) is 22.3 Å². The van der Waals surface area contributed by atoms with Crippen LogP contribution in [0.15, 0.2) is 66.7 Å². The summed E-state index contributed by atoms with van der Waals surface area (Å²) in [6, 6.07) is 21.2. The zero-order valence-electron chi connectivity index (χ0n) is 15.0. The van der Waals surface area contributed by atoms with Gasteiger partial charge in [-0.15, -0.1) is 0 Å². The van der Waals surface area contributed by atoms with Gasteiger partial charge in [-0.25, -0.2) is 0 Å². The fourth-order valence-corrected chi connectivity index (χ4v) is 3.44. The van der Waals surface area contributed by atoms with Crippen LogP contribution < -0.4 is 0 Å². The van der Waals surface area contributed by atoms with Crippen molar-refractivity contribution in [3.63, 3.8) is 0 Å². The average Bonchev–Trinajstić information content (AvgIpc) is 2.66. The molecule has 138 valence electrons. The van der Waals surface area contributed by atoms with Gasteiger partial charge < -0.3 is 5.11 Å². The van der Waals surface area contributed by atoms with Gasteiger partial charge in [0.05, 0.1) is 5.92 Å². The van der Waals surface area contributed by atoms with Crippen LogP contribution >= 0.6 is 23.2 Å². The Labute approximate surface area is 169 Å². The van der Waals surface area contributed by atoms with Gasteiger partial charge >= 0.3 is 5.97 Å². The fourth-order valence-electron chi connectivity index (χ4n) is 3.19. The number of hydrogen-bond donors (Lipinski definition) is 1. The molecule has 3 aromatic rings. The average molecular weight is 399 g/mol. The van der Waals surface area contributed by atoms with Crippen LogP contribution in [0.4, 0.5) is 0 Å². The van der Waals surface area contributed by atoms with Crippen molar-refractivity contribution in [1.29, 1.82) is 0 Å². The summed E-state index contributed by atoms with van der Waals surface area (Å²) in [5.74, 6) is -1.33. The molecule has 1 N–H and O–H groups in total. The summed E-state index contributed by atoms with van der Waals surface area (Å²) in [5.41, 5.74) is 4.74. The Morgan fingerprint density at radius 1 is 0.815 bits per heavy atom. The van der Waals surface area contributed by atoms with E-state index < -0.39 is 11.9 Å². The van der Waals surface area contributed by atoms with E-state index in [2.05, 4.69) is 6.07 Å². The lowest BCUT2D eigenvalue weighted by Gasteiger charge is -2.16. The van der Waals surface area contributed by atoms with E-state index in [4.69, 9.17) is 23.2 Å². The first-order chi connectivity index (χ1) is 13.0. The largest absolute Gasteiger partial charge is 0.481 e. The molecular formula is C23H20Cl2O2. The molecule has 0 aromatic heterocycles. The predicted molar refractivity (Wildman–Crippen MR) is 113 cm³/mol. The van der Waals surface area contributed by atoms with Gasteiger partial charge in [0.1, 0.15) is 0 Å². The lowest BCUT2D eigenvalue weighted by Crippen LogP contribution is -2.11. The van der Waals surface area contributed by atoms with Gasteiger partial charge in [-0.1, -0.05) is 72.9 Å². The highest BCUT2D eigenvalue weighted by atomic mass is 35.5. The topological polar surface area (TPSA) is 37.3 Å². The van der Waals surface area contributed by atoms with Gasteiger partial charge in [-0.2, -0.15) is 0 Å². The third kappa shape index (κ3) is 4.71. The second-order valence-electron chi connectivity index (χ2n) is 6.54. The first-order valence-corrected chi connectivity index (χ1v) is 9.63. The second kappa shape index (κ2) is 8.60. The monoisotopic (exact) mass is 398 g/mol. The molecule has 0 saturated heterocycles. The summed E-state index contributed by atoms with van der Waals surface area (Å²) < 4.78 is 0. The number of halogens is 2. The number of rotatable bonds is 6. The number of carboxylic acids is 1. The molecule has 0 spiro atoms. The summed E-state index contributed by atoms with van der Waals surface area (Å²) in [7, 11) is 0. The molecule has 1 atom stereocenters. The molecule has 0 aliphatic heterocycles. The Morgan fingerprint density at radius 3 is 1.63 bits per heavy atom.